The van der Waals surface area contributed by atoms with Crippen molar-refractivity contribution in [3.8, 4) is 6.07 Å². The van der Waals surface area contributed by atoms with E-state index >= 15 is 0 Å². The Balaban J connectivity index is 2.10. The molecule has 1 heterocycles. The molecule has 142 valence electrons. The first-order valence-electron chi connectivity index (χ1n) is 7.33. The maximum atomic E-state index is 13.9. The third-order valence-corrected chi connectivity index (χ3v) is 5.95. The summed E-state index contributed by atoms with van der Waals surface area (Å²) < 4.78 is 43.7. The van der Waals surface area contributed by atoms with Crippen molar-refractivity contribution < 1.29 is 27.1 Å². The van der Waals surface area contributed by atoms with Crippen LogP contribution in [0.4, 0.5) is 9.39 Å². The van der Waals surface area contributed by atoms with Crippen LogP contribution in [0.1, 0.15) is 15.9 Å². The van der Waals surface area contributed by atoms with Crippen molar-refractivity contribution in [1.29, 1.82) is 5.26 Å². The first kappa shape index (κ1) is 20.5. The van der Waals surface area contributed by atoms with Crippen molar-refractivity contribution in [3.63, 3.8) is 0 Å². The van der Waals surface area contributed by atoms with E-state index in [1.807, 2.05) is 6.07 Å². The van der Waals surface area contributed by atoms with Crippen LogP contribution in [-0.4, -0.2) is 45.3 Å². The Kier molecular flexibility index (Phi) is 6.27. The molecule has 0 saturated carbocycles. The van der Waals surface area contributed by atoms with Gasteiger partial charge in [-0.05, 0) is 29.6 Å². The van der Waals surface area contributed by atoms with Crippen molar-refractivity contribution in [3.05, 3.63) is 46.6 Å². The topological polar surface area (TPSA) is 117 Å². The number of thiophene rings is 1. The molecule has 1 aromatic carbocycles. The van der Waals surface area contributed by atoms with Gasteiger partial charge in [0.25, 0.3) is 5.91 Å². The van der Waals surface area contributed by atoms with Crippen LogP contribution in [0.15, 0.2) is 34.5 Å². The Hall–Kier alpha value is -2.81. The zero-order chi connectivity index (χ0) is 20.2. The zero-order valence-electron chi connectivity index (χ0n) is 14.2. The van der Waals surface area contributed by atoms with Gasteiger partial charge >= 0.3 is 5.97 Å². The number of hydrogen-bond donors (Lipinski definition) is 1. The van der Waals surface area contributed by atoms with Gasteiger partial charge < -0.3 is 10.1 Å². The summed E-state index contributed by atoms with van der Waals surface area (Å²) in [5.74, 6) is -2.90. The van der Waals surface area contributed by atoms with E-state index in [-0.39, 0.29) is 10.5 Å². The van der Waals surface area contributed by atoms with E-state index in [0.29, 0.717) is 5.00 Å². The summed E-state index contributed by atoms with van der Waals surface area (Å²) in [4.78, 5) is 23.6. The summed E-state index contributed by atoms with van der Waals surface area (Å²) in [6.45, 7) is -0.730. The monoisotopic (exact) mass is 411 g/mol. The first-order valence-corrected chi connectivity index (χ1v) is 9.65. The second-order valence-corrected chi connectivity index (χ2v) is 8.40. The molecular formula is C16H14FN3O5S2. The molecule has 0 saturated heterocycles. The Morgan fingerprint density at radius 3 is 2.67 bits per heavy atom. The van der Waals surface area contributed by atoms with Crippen LogP contribution in [-0.2, 0) is 19.6 Å². The van der Waals surface area contributed by atoms with Crippen LogP contribution in [0, 0.1) is 17.1 Å². The van der Waals surface area contributed by atoms with Crippen molar-refractivity contribution in [2.45, 2.75) is 4.90 Å². The molecule has 1 N–H and O–H groups in total. The van der Waals surface area contributed by atoms with Gasteiger partial charge in [-0.1, -0.05) is 0 Å². The molecule has 8 nitrogen and oxygen atoms in total. The van der Waals surface area contributed by atoms with E-state index in [9.17, 15) is 22.4 Å². The van der Waals surface area contributed by atoms with Gasteiger partial charge in [0.05, 0.1) is 16.0 Å². The zero-order valence-corrected chi connectivity index (χ0v) is 15.9. The molecule has 11 heteroatoms. The number of esters is 1. The average molecular weight is 411 g/mol. The minimum Gasteiger partial charge on any atom is -0.452 e. The molecule has 2 rings (SSSR count). The summed E-state index contributed by atoms with van der Waals surface area (Å²) in [6.07, 6.45) is 0. The third kappa shape index (κ3) is 4.68. The highest BCUT2D eigenvalue weighted by Crippen LogP contribution is 2.22. The standard InChI is InChI=1S/C16H14FN3O5S2/c1-20(2)27(23,24)11-3-4-13(17)12(7-11)16(22)25-9-14(21)19-15-10(8-18)5-6-26-15/h3-7H,9H2,1-2H3,(H,19,21). The number of sulfonamides is 1. The Morgan fingerprint density at radius 2 is 2.04 bits per heavy atom. The molecule has 0 bridgehead atoms. The third-order valence-electron chi connectivity index (χ3n) is 3.31. The molecule has 1 amide bonds. The fourth-order valence-electron chi connectivity index (χ4n) is 1.90. The van der Waals surface area contributed by atoms with Crippen LogP contribution >= 0.6 is 11.3 Å². The van der Waals surface area contributed by atoms with Crippen LogP contribution in [0.25, 0.3) is 0 Å². The molecule has 27 heavy (non-hydrogen) atoms. The quantitative estimate of drug-likeness (QED) is 0.725. The summed E-state index contributed by atoms with van der Waals surface area (Å²) in [6, 6.07) is 6.10. The highest BCUT2D eigenvalue weighted by atomic mass is 32.2. The van der Waals surface area contributed by atoms with Crippen LogP contribution < -0.4 is 5.32 Å². The number of benzene rings is 1. The highest BCUT2D eigenvalue weighted by molar-refractivity contribution is 7.89. The van der Waals surface area contributed by atoms with Crippen molar-refractivity contribution >= 4 is 38.2 Å². The van der Waals surface area contributed by atoms with Gasteiger partial charge in [-0.2, -0.15) is 5.26 Å². The summed E-state index contributed by atoms with van der Waals surface area (Å²) >= 11 is 1.12. The van der Waals surface area contributed by atoms with Gasteiger partial charge in [0, 0.05) is 14.1 Å². The number of nitrogens with one attached hydrogen (secondary N) is 1. The number of amides is 1. The predicted octanol–water partition coefficient (Wildman–Crippen LogP) is 1.80. The fraction of sp³-hybridized carbons (Fsp3) is 0.188. The maximum Gasteiger partial charge on any atom is 0.341 e. The van der Waals surface area contributed by atoms with Gasteiger partial charge in [-0.15, -0.1) is 11.3 Å². The van der Waals surface area contributed by atoms with E-state index in [1.54, 1.807) is 5.38 Å². The van der Waals surface area contributed by atoms with Gasteiger partial charge in [0.1, 0.15) is 16.9 Å². The van der Waals surface area contributed by atoms with Crippen LogP contribution in [0.3, 0.4) is 0 Å². The Morgan fingerprint density at radius 1 is 1.33 bits per heavy atom. The van der Waals surface area contributed by atoms with Crippen molar-refractivity contribution in [2.24, 2.45) is 0 Å². The second kappa shape index (κ2) is 8.26. The Labute approximate surface area is 158 Å². The number of halogens is 1. The SMILES string of the molecule is CN(C)S(=O)(=O)c1ccc(F)c(C(=O)OCC(=O)Nc2sccc2C#N)c1. The van der Waals surface area contributed by atoms with Crippen LogP contribution in [0.2, 0.25) is 0 Å². The molecule has 0 fully saturated rings. The number of carbonyl (C=O) groups is 2. The van der Waals surface area contributed by atoms with Crippen LogP contribution in [0.5, 0.6) is 0 Å². The number of hydrogen-bond acceptors (Lipinski definition) is 7. The molecule has 0 radical (unpaired) electrons. The lowest BCUT2D eigenvalue weighted by Gasteiger charge is -2.12. The van der Waals surface area contributed by atoms with Gasteiger partial charge in [0.15, 0.2) is 6.61 Å². The first-order chi connectivity index (χ1) is 12.7. The molecule has 0 spiro atoms. The predicted molar refractivity (Wildman–Crippen MR) is 95.2 cm³/mol. The summed E-state index contributed by atoms with van der Waals surface area (Å²) in [7, 11) is -1.29. The molecule has 0 aliphatic heterocycles. The van der Waals surface area contributed by atoms with E-state index in [0.717, 1.165) is 33.8 Å². The largest absolute Gasteiger partial charge is 0.452 e. The number of rotatable bonds is 6. The lowest BCUT2D eigenvalue weighted by atomic mass is 10.2. The molecule has 0 atom stereocenters. The molecule has 2 aromatic rings. The Bertz CT molecular complexity index is 1020. The van der Waals surface area contributed by atoms with E-state index in [1.165, 1.54) is 20.2 Å². The van der Waals surface area contributed by atoms with Gasteiger partial charge in [-0.25, -0.2) is 21.9 Å². The van der Waals surface area contributed by atoms with Gasteiger partial charge in [-0.3, -0.25) is 4.79 Å². The lowest BCUT2D eigenvalue weighted by molar-refractivity contribution is -0.119. The molecule has 0 aliphatic rings. The van der Waals surface area contributed by atoms with Gasteiger partial charge in [0.2, 0.25) is 10.0 Å². The molecule has 1 aromatic heterocycles. The highest BCUT2D eigenvalue weighted by Gasteiger charge is 2.22. The molecule has 0 unspecified atom stereocenters. The maximum absolute atomic E-state index is 13.9. The fourth-order valence-corrected chi connectivity index (χ4v) is 3.58. The van der Waals surface area contributed by atoms with Crippen molar-refractivity contribution in [1.82, 2.24) is 4.31 Å². The van der Waals surface area contributed by atoms with Crippen molar-refractivity contribution in [2.75, 3.05) is 26.0 Å². The number of anilines is 1. The smallest absolute Gasteiger partial charge is 0.341 e. The minimum atomic E-state index is -3.87. The summed E-state index contributed by atoms with van der Waals surface area (Å²) in [5, 5.41) is 13.2. The average Bonchev–Trinajstić information content (AvgIpc) is 3.06. The lowest BCUT2D eigenvalue weighted by Crippen LogP contribution is -2.23. The number of nitrogens with zero attached hydrogens (tertiary/aromatic N) is 2. The number of carbonyl (C=O) groups excluding carboxylic acids is 2. The molecule has 0 aliphatic carbocycles. The minimum absolute atomic E-state index is 0.257. The number of nitriles is 1. The van der Waals surface area contributed by atoms with E-state index in [2.05, 4.69) is 5.32 Å². The van der Waals surface area contributed by atoms with E-state index < -0.39 is 39.9 Å². The summed E-state index contributed by atoms with van der Waals surface area (Å²) in [5.41, 5.74) is -0.355. The normalized spacial score (nSPS) is 11.1. The number of ether oxygens (including phenoxy) is 1. The second-order valence-electron chi connectivity index (χ2n) is 5.33. The molecular weight excluding hydrogens is 397 g/mol. The van der Waals surface area contributed by atoms with E-state index in [4.69, 9.17) is 10.00 Å².